The summed E-state index contributed by atoms with van der Waals surface area (Å²) in [4.78, 5) is 25.4. The van der Waals surface area contributed by atoms with Gasteiger partial charge >= 0.3 is 0 Å². The Morgan fingerprint density at radius 1 is 0.971 bits per heavy atom. The van der Waals surface area contributed by atoms with E-state index in [0.29, 0.717) is 23.7 Å². The van der Waals surface area contributed by atoms with E-state index in [4.69, 9.17) is 9.47 Å². The first-order valence-electron chi connectivity index (χ1n) is 11.4. The predicted octanol–water partition coefficient (Wildman–Crippen LogP) is 4.49. The average molecular weight is 474 g/mol. The summed E-state index contributed by atoms with van der Waals surface area (Å²) in [5.41, 5.74) is 5.95. The number of para-hydroxylation sites is 1. The Balaban J connectivity index is 1.61. The molecular weight excluding hydrogens is 442 g/mol. The number of hydrogen-bond acceptors (Lipinski definition) is 5. The van der Waals surface area contributed by atoms with Crippen molar-refractivity contribution in [3.05, 3.63) is 95.1 Å². The van der Waals surface area contributed by atoms with Crippen LogP contribution in [0.2, 0.25) is 0 Å². The van der Waals surface area contributed by atoms with Crippen molar-refractivity contribution in [2.45, 2.75) is 33.4 Å². The molecule has 3 rings (SSSR count). The summed E-state index contributed by atoms with van der Waals surface area (Å²) in [5, 5.41) is 6.88. The predicted molar refractivity (Wildman–Crippen MR) is 137 cm³/mol. The largest absolute Gasteiger partial charge is 0.497 e. The molecular formula is C28H31N3O4. The molecule has 2 amide bonds. The third-order valence-electron chi connectivity index (χ3n) is 5.40. The summed E-state index contributed by atoms with van der Waals surface area (Å²) < 4.78 is 11.1. The van der Waals surface area contributed by atoms with Gasteiger partial charge in [0, 0.05) is 11.1 Å². The van der Waals surface area contributed by atoms with E-state index < -0.39 is 11.9 Å². The number of nitrogens with zero attached hydrogens (tertiary/aromatic N) is 1. The molecule has 0 saturated heterocycles. The highest BCUT2D eigenvalue weighted by atomic mass is 16.5. The summed E-state index contributed by atoms with van der Waals surface area (Å²) in [6.07, 6.45) is 1.53. The number of amides is 2. The molecule has 0 aromatic heterocycles. The van der Waals surface area contributed by atoms with Crippen molar-refractivity contribution in [3.8, 4) is 11.5 Å². The first kappa shape index (κ1) is 25.5. The molecule has 3 aromatic rings. The van der Waals surface area contributed by atoms with Crippen LogP contribution in [0.5, 0.6) is 11.5 Å². The molecule has 0 heterocycles. The molecule has 1 unspecified atom stereocenters. The lowest BCUT2D eigenvalue weighted by molar-refractivity contribution is -0.123. The number of hydrazone groups is 1. The number of hydrogen-bond donors (Lipinski definition) is 2. The van der Waals surface area contributed by atoms with E-state index in [0.717, 1.165) is 11.1 Å². The zero-order valence-corrected chi connectivity index (χ0v) is 20.4. The van der Waals surface area contributed by atoms with Crippen molar-refractivity contribution >= 4 is 18.0 Å². The van der Waals surface area contributed by atoms with Gasteiger partial charge in [-0.3, -0.25) is 9.59 Å². The van der Waals surface area contributed by atoms with Gasteiger partial charge in [-0.25, -0.2) is 5.43 Å². The Labute approximate surface area is 206 Å². The maximum absolute atomic E-state index is 12.8. The number of nitrogens with one attached hydrogen (secondary N) is 2. The summed E-state index contributed by atoms with van der Waals surface area (Å²) >= 11 is 0. The van der Waals surface area contributed by atoms with Crippen LogP contribution in [0, 0.1) is 12.8 Å². The van der Waals surface area contributed by atoms with Gasteiger partial charge in [0.05, 0.1) is 13.3 Å². The maximum atomic E-state index is 12.8. The van der Waals surface area contributed by atoms with Gasteiger partial charge in [-0.1, -0.05) is 55.8 Å². The Morgan fingerprint density at radius 3 is 2.31 bits per heavy atom. The monoisotopic (exact) mass is 473 g/mol. The van der Waals surface area contributed by atoms with Gasteiger partial charge in [0.1, 0.15) is 24.1 Å². The summed E-state index contributed by atoms with van der Waals surface area (Å²) in [7, 11) is 1.56. The zero-order valence-electron chi connectivity index (χ0n) is 20.4. The molecule has 7 nitrogen and oxygen atoms in total. The van der Waals surface area contributed by atoms with E-state index in [1.165, 1.54) is 11.8 Å². The quantitative estimate of drug-likeness (QED) is 0.335. The molecule has 1 atom stereocenters. The van der Waals surface area contributed by atoms with Crippen LogP contribution in [0.4, 0.5) is 0 Å². The van der Waals surface area contributed by atoms with Crippen LogP contribution >= 0.6 is 0 Å². The summed E-state index contributed by atoms with van der Waals surface area (Å²) in [6.45, 7) is 6.18. The minimum absolute atomic E-state index is 0.141. The van der Waals surface area contributed by atoms with Crippen LogP contribution in [-0.2, 0) is 11.4 Å². The number of carbonyl (C=O) groups is 2. The highest BCUT2D eigenvalue weighted by Crippen LogP contribution is 2.18. The first-order valence-corrected chi connectivity index (χ1v) is 11.4. The van der Waals surface area contributed by atoms with Gasteiger partial charge in [-0.05, 0) is 54.8 Å². The molecule has 0 fully saturated rings. The lowest BCUT2D eigenvalue weighted by atomic mass is 10.0. The van der Waals surface area contributed by atoms with Gasteiger partial charge in [-0.2, -0.15) is 5.10 Å². The van der Waals surface area contributed by atoms with Crippen LogP contribution in [-0.4, -0.2) is 31.2 Å². The number of rotatable bonds is 10. The van der Waals surface area contributed by atoms with Crippen LogP contribution in [0.3, 0.4) is 0 Å². The third kappa shape index (κ3) is 7.43. The molecule has 7 heteroatoms. The van der Waals surface area contributed by atoms with Gasteiger partial charge in [0.15, 0.2) is 0 Å². The topological polar surface area (TPSA) is 89.0 Å². The SMILES string of the molecule is COc1ccc(C(=O)NC(C(=O)NN=Cc2ccccc2OCc2ccc(C)cc2)C(C)C)cc1. The molecule has 0 saturated carbocycles. The average Bonchev–Trinajstić information content (AvgIpc) is 2.87. The highest BCUT2D eigenvalue weighted by molar-refractivity contribution is 5.97. The zero-order chi connectivity index (χ0) is 25.2. The normalized spacial score (nSPS) is 11.8. The fraction of sp³-hybridized carbons (Fsp3) is 0.250. The van der Waals surface area contributed by atoms with Gasteiger partial charge in [-0.15, -0.1) is 0 Å². The number of benzene rings is 3. The van der Waals surface area contributed by atoms with Crippen LogP contribution in [0.1, 0.15) is 40.9 Å². The highest BCUT2D eigenvalue weighted by Gasteiger charge is 2.24. The van der Waals surface area contributed by atoms with Gasteiger partial charge < -0.3 is 14.8 Å². The number of aryl methyl sites for hydroxylation is 1. The maximum Gasteiger partial charge on any atom is 0.262 e. The van der Waals surface area contributed by atoms with Crippen LogP contribution < -0.4 is 20.2 Å². The summed E-state index contributed by atoms with van der Waals surface area (Å²) in [6, 6.07) is 21.5. The minimum Gasteiger partial charge on any atom is -0.497 e. The molecule has 0 spiro atoms. The Bertz CT molecular complexity index is 1160. The van der Waals surface area contributed by atoms with E-state index in [-0.39, 0.29) is 11.8 Å². The second-order valence-electron chi connectivity index (χ2n) is 8.47. The van der Waals surface area contributed by atoms with Gasteiger partial charge in [0.25, 0.3) is 11.8 Å². The number of carbonyl (C=O) groups excluding carboxylic acids is 2. The lowest BCUT2D eigenvalue weighted by Gasteiger charge is -2.20. The van der Waals surface area contributed by atoms with E-state index in [9.17, 15) is 9.59 Å². The molecule has 35 heavy (non-hydrogen) atoms. The van der Waals surface area contributed by atoms with Crippen molar-refractivity contribution in [1.82, 2.24) is 10.7 Å². The molecule has 2 N–H and O–H groups in total. The minimum atomic E-state index is -0.755. The third-order valence-corrected chi connectivity index (χ3v) is 5.40. The first-order chi connectivity index (χ1) is 16.9. The van der Waals surface area contributed by atoms with E-state index in [2.05, 4.69) is 15.8 Å². The lowest BCUT2D eigenvalue weighted by Crippen LogP contribution is -2.48. The fourth-order valence-electron chi connectivity index (χ4n) is 3.30. The molecule has 0 aliphatic heterocycles. The van der Waals surface area contributed by atoms with Crippen molar-refractivity contribution in [1.29, 1.82) is 0 Å². The fourth-order valence-corrected chi connectivity index (χ4v) is 3.30. The Kier molecular flexibility index (Phi) is 9.01. The second kappa shape index (κ2) is 12.4. The molecule has 0 bridgehead atoms. The van der Waals surface area contributed by atoms with Crippen molar-refractivity contribution in [2.24, 2.45) is 11.0 Å². The molecule has 0 aliphatic rings. The van der Waals surface area contributed by atoms with Crippen molar-refractivity contribution < 1.29 is 19.1 Å². The van der Waals surface area contributed by atoms with E-state index in [1.807, 2.05) is 69.3 Å². The Morgan fingerprint density at radius 2 is 1.66 bits per heavy atom. The molecule has 3 aromatic carbocycles. The van der Waals surface area contributed by atoms with E-state index >= 15 is 0 Å². The van der Waals surface area contributed by atoms with Crippen LogP contribution in [0.25, 0.3) is 0 Å². The van der Waals surface area contributed by atoms with Crippen molar-refractivity contribution in [3.63, 3.8) is 0 Å². The number of methoxy groups -OCH3 is 1. The smallest absolute Gasteiger partial charge is 0.262 e. The van der Waals surface area contributed by atoms with Gasteiger partial charge in [0.2, 0.25) is 0 Å². The number of ether oxygens (including phenoxy) is 2. The second-order valence-corrected chi connectivity index (χ2v) is 8.47. The standard InChI is InChI=1S/C28H31N3O4/c1-19(2)26(30-27(32)22-13-15-24(34-4)16-14-22)28(33)31-29-17-23-7-5-6-8-25(23)35-18-21-11-9-20(3)10-12-21/h5-17,19,26H,18H2,1-4H3,(H,30,32)(H,31,33). The molecule has 0 aliphatic carbocycles. The molecule has 182 valence electrons. The van der Waals surface area contributed by atoms with Crippen molar-refractivity contribution in [2.75, 3.05) is 7.11 Å². The van der Waals surface area contributed by atoms with E-state index in [1.54, 1.807) is 31.4 Å². The molecule has 0 radical (unpaired) electrons. The Hall–Kier alpha value is -4.13. The summed E-state index contributed by atoms with van der Waals surface area (Å²) in [5.74, 6) is 0.408. The van der Waals surface area contributed by atoms with Crippen LogP contribution in [0.15, 0.2) is 77.9 Å².